The predicted molar refractivity (Wildman–Crippen MR) is 89.3 cm³/mol. The summed E-state index contributed by atoms with van der Waals surface area (Å²) in [6, 6.07) is 9.71. The molecule has 0 fully saturated rings. The highest BCUT2D eigenvalue weighted by atomic mass is 16.6. The lowest BCUT2D eigenvalue weighted by Crippen LogP contribution is -2.44. The molecule has 1 amide bonds. The van der Waals surface area contributed by atoms with Crippen LogP contribution in [0.25, 0.3) is 6.08 Å². The predicted octanol–water partition coefficient (Wildman–Crippen LogP) is 4.06. The summed E-state index contributed by atoms with van der Waals surface area (Å²) in [4.78, 5) is 13.6. The third kappa shape index (κ3) is 5.90. The molecule has 0 saturated heterocycles. The number of ether oxygens (including phenoxy) is 1. The molecule has 4 nitrogen and oxygen atoms in total. The third-order valence-electron chi connectivity index (χ3n) is 2.99. The first-order valence-electron chi connectivity index (χ1n) is 7.65. The number of hydrogen-bond acceptors (Lipinski definition) is 3. The second kappa shape index (κ2) is 7.99. The summed E-state index contributed by atoms with van der Waals surface area (Å²) >= 11 is 0. The molecule has 0 aromatic heterocycles. The van der Waals surface area contributed by atoms with E-state index in [0.29, 0.717) is 12.1 Å². The van der Waals surface area contributed by atoms with E-state index in [1.807, 2.05) is 71.0 Å². The molecule has 1 rings (SSSR count). The Balaban J connectivity index is 2.90. The Morgan fingerprint density at radius 2 is 1.91 bits per heavy atom. The van der Waals surface area contributed by atoms with Crippen LogP contribution < -0.4 is 0 Å². The molecule has 0 aliphatic carbocycles. The van der Waals surface area contributed by atoms with Crippen molar-refractivity contribution >= 4 is 12.2 Å². The molecule has 1 unspecified atom stereocenters. The first-order chi connectivity index (χ1) is 10.2. The smallest absolute Gasteiger partial charge is 0.412 e. The molecule has 0 spiro atoms. The summed E-state index contributed by atoms with van der Waals surface area (Å²) in [5.74, 6) is 0. The third-order valence-corrected chi connectivity index (χ3v) is 2.99. The molecule has 122 valence electrons. The van der Waals surface area contributed by atoms with Crippen molar-refractivity contribution in [1.82, 2.24) is 4.90 Å². The van der Waals surface area contributed by atoms with E-state index in [9.17, 15) is 9.90 Å². The first-order valence-corrected chi connectivity index (χ1v) is 7.65. The summed E-state index contributed by atoms with van der Waals surface area (Å²) in [7, 11) is 0. The number of aliphatic hydroxyl groups is 1. The van der Waals surface area contributed by atoms with Gasteiger partial charge in [0.05, 0.1) is 0 Å². The number of hydrogen-bond donors (Lipinski definition) is 1. The Kier molecular flexibility index (Phi) is 6.62. The van der Waals surface area contributed by atoms with E-state index < -0.39 is 17.9 Å². The zero-order chi connectivity index (χ0) is 16.8. The van der Waals surface area contributed by atoms with E-state index in [-0.39, 0.29) is 0 Å². The van der Waals surface area contributed by atoms with Crippen molar-refractivity contribution in [2.45, 2.75) is 52.9 Å². The van der Waals surface area contributed by atoms with Crippen LogP contribution in [0.15, 0.2) is 35.9 Å². The number of nitrogens with zero attached hydrogens (tertiary/aromatic N) is 1. The molecule has 4 heteroatoms. The maximum atomic E-state index is 12.3. The van der Waals surface area contributed by atoms with Gasteiger partial charge in [0.15, 0.2) is 6.23 Å². The Labute approximate surface area is 133 Å². The van der Waals surface area contributed by atoms with E-state index in [1.54, 1.807) is 0 Å². The maximum absolute atomic E-state index is 12.3. The van der Waals surface area contributed by atoms with Crippen molar-refractivity contribution in [2.24, 2.45) is 0 Å². The van der Waals surface area contributed by atoms with Crippen molar-refractivity contribution in [2.75, 3.05) is 6.54 Å². The average Bonchev–Trinajstić information content (AvgIpc) is 2.43. The van der Waals surface area contributed by atoms with E-state index in [1.165, 1.54) is 4.90 Å². The molecule has 1 atom stereocenters. The minimum atomic E-state index is -0.991. The zero-order valence-corrected chi connectivity index (χ0v) is 14.2. The summed E-state index contributed by atoms with van der Waals surface area (Å²) in [5, 5.41) is 10.5. The van der Waals surface area contributed by atoms with Crippen LogP contribution in [0.2, 0.25) is 0 Å². The molecule has 0 saturated carbocycles. The molecular formula is C18H27NO3. The van der Waals surface area contributed by atoms with Crippen LogP contribution in [0.5, 0.6) is 0 Å². The first kappa shape index (κ1) is 18.2. The van der Waals surface area contributed by atoms with E-state index in [0.717, 1.165) is 12.0 Å². The summed E-state index contributed by atoms with van der Waals surface area (Å²) in [6.07, 6.45) is 1.13. The molecule has 22 heavy (non-hydrogen) atoms. The van der Waals surface area contributed by atoms with Gasteiger partial charge in [-0.25, -0.2) is 4.79 Å². The molecule has 0 radical (unpaired) electrons. The summed E-state index contributed by atoms with van der Waals surface area (Å²) in [6.45, 7) is 9.65. The Bertz CT molecular complexity index is 503. The minimum Gasteiger partial charge on any atom is -0.444 e. The number of amides is 1. The van der Waals surface area contributed by atoms with Gasteiger partial charge in [-0.05, 0) is 45.3 Å². The quantitative estimate of drug-likeness (QED) is 0.835. The lowest BCUT2D eigenvalue weighted by molar-refractivity contribution is -0.0168. The minimum absolute atomic E-state index is 0.441. The molecule has 0 heterocycles. The maximum Gasteiger partial charge on any atom is 0.412 e. The highest BCUT2D eigenvalue weighted by Crippen LogP contribution is 2.17. The number of aliphatic hydroxyl groups excluding tert-OH is 1. The monoisotopic (exact) mass is 305 g/mol. The average molecular weight is 305 g/mol. The molecule has 0 bridgehead atoms. The van der Waals surface area contributed by atoms with Gasteiger partial charge < -0.3 is 9.84 Å². The van der Waals surface area contributed by atoms with Gasteiger partial charge in [-0.3, -0.25) is 4.90 Å². The van der Waals surface area contributed by atoms with Crippen LogP contribution in [0.3, 0.4) is 0 Å². The molecule has 1 aromatic carbocycles. The second-order valence-corrected chi connectivity index (χ2v) is 6.35. The van der Waals surface area contributed by atoms with Gasteiger partial charge in [-0.2, -0.15) is 0 Å². The molecule has 1 aromatic rings. The van der Waals surface area contributed by atoms with Crippen LogP contribution in [0, 0.1) is 0 Å². The highest BCUT2D eigenvalue weighted by molar-refractivity contribution is 5.69. The Hall–Kier alpha value is -1.81. The van der Waals surface area contributed by atoms with Crippen LogP contribution >= 0.6 is 0 Å². The van der Waals surface area contributed by atoms with Gasteiger partial charge in [-0.15, -0.1) is 0 Å². The largest absolute Gasteiger partial charge is 0.444 e. The van der Waals surface area contributed by atoms with E-state index in [2.05, 4.69) is 0 Å². The highest BCUT2D eigenvalue weighted by Gasteiger charge is 2.27. The van der Waals surface area contributed by atoms with Gasteiger partial charge >= 0.3 is 6.09 Å². The number of benzene rings is 1. The van der Waals surface area contributed by atoms with Gasteiger partial charge in [0.25, 0.3) is 0 Å². The van der Waals surface area contributed by atoms with Gasteiger partial charge in [0.1, 0.15) is 5.60 Å². The van der Waals surface area contributed by atoms with E-state index in [4.69, 9.17) is 4.74 Å². The van der Waals surface area contributed by atoms with Crippen molar-refractivity contribution < 1.29 is 14.6 Å². The number of carbonyl (C=O) groups excluding carboxylic acids is 1. The standard InChI is InChI=1S/C18H27NO3/c1-6-12-19(17(21)22-18(3,4)5)16(20)14(2)13-15-10-8-7-9-11-15/h7-11,13,16,20H,6,12H2,1-5H3/b14-13+. The number of rotatable bonds is 5. The van der Waals surface area contributed by atoms with Crippen molar-refractivity contribution in [3.05, 3.63) is 41.5 Å². The second-order valence-electron chi connectivity index (χ2n) is 6.35. The van der Waals surface area contributed by atoms with Crippen LogP contribution in [0.4, 0.5) is 4.79 Å². The molecule has 0 aliphatic rings. The summed E-state index contributed by atoms with van der Waals surface area (Å²) < 4.78 is 5.37. The van der Waals surface area contributed by atoms with E-state index >= 15 is 0 Å². The fourth-order valence-corrected chi connectivity index (χ4v) is 2.01. The van der Waals surface area contributed by atoms with Gasteiger partial charge in [-0.1, -0.05) is 43.3 Å². The molecule has 0 aliphatic heterocycles. The zero-order valence-electron chi connectivity index (χ0n) is 14.2. The van der Waals surface area contributed by atoms with Crippen molar-refractivity contribution in [1.29, 1.82) is 0 Å². The number of carbonyl (C=O) groups is 1. The normalized spacial score (nSPS) is 13.6. The van der Waals surface area contributed by atoms with Crippen LogP contribution in [-0.4, -0.2) is 34.5 Å². The van der Waals surface area contributed by atoms with Gasteiger partial charge in [0.2, 0.25) is 0 Å². The fraction of sp³-hybridized carbons (Fsp3) is 0.500. The topological polar surface area (TPSA) is 49.8 Å². The Morgan fingerprint density at radius 3 is 2.41 bits per heavy atom. The van der Waals surface area contributed by atoms with Gasteiger partial charge in [0, 0.05) is 6.54 Å². The fourth-order valence-electron chi connectivity index (χ4n) is 2.01. The Morgan fingerprint density at radius 1 is 1.32 bits per heavy atom. The van der Waals surface area contributed by atoms with Crippen LogP contribution in [0.1, 0.15) is 46.6 Å². The van der Waals surface area contributed by atoms with Crippen molar-refractivity contribution in [3.63, 3.8) is 0 Å². The lowest BCUT2D eigenvalue weighted by atomic mass is 10.1. The lowest BCUT2D eigenvalue weighted by Gasteiger charge is -2.31. The summed E-state index contributed by atoms with van der Waals surface area (Å²) in [5.41, 5.74) is 1.10. The molecular weight excluding hydrogens is 278 g/mol. The SMILES string of the molecule is CCCN(C(=O)OC(C)(C)C)C(O)/C(C)=C/c1ccccc1. The van der Waals surface area contributed by atoms with Crippen molar-refractivity contribution in [3.8, 4) is 0 Å². The van der Waals surface area contributed by atoms with Crippen LogP contribution in [-0.2, 0) is 4.74 Å². The molecule has 1 N–H and O–H groups in total.